The van der Waals surface area contributed by atoms with Gasteiger partial charge >= 0.3 is 0 Å². The summed E-state index contributed by atoms with van der Waals surface area (Å²) in [5, 5.41) is 7.27. The Kier molecular flexibility index (Phi) is 0.887. The molecule has 0 atom stereocenters. The fraction of sp³-hybridized carbons (Fsp3) is 0. The van der Waals surface area contributed by atoms with Crippen LogP contribution < -0.4 is 0 Å². The Morgan fingerprint density at radius 1 is 1.60 bits per heavy atom. The van der Waals surface area contributed by atoms with Crippen LogP contribution in [0.5, 0.6) is 0 Å². The van der Waals surface area contributed by atoms with Crippen molar-refractivity contribution < 1.29 is 4.79 Å². The van der Waals surface area contributed by atoms with Crippen LogP contribution in [0.2, 0.25) is 0 Å². The number of nitrogens with one attached hydrogen (secondary N) is 2. The van der Waals surface area contributed by atoms with E-state index in [4.69, 9.17) is 0 Å². The van der Waals surface area contributed by atoms with E-state index >= 15 is 0 Å². The fourth-order valence-corrected chi connectivity index (χ4v) is 0.937. The first-order valence-electron chi connectivity index (χ1n) is 2.88. The van der Waals surface area contributed by atoms with E-state index < -0.39 is 0 Å². The Morgan fingerprint density at radius 2 is 2.50 bits per heavy atom. The molecule has 0 saturated carbocycles. The molecular weight excluding hydrogens is 130 g/mol. The second kappa shape index (κ2) is 1.70. The molecule has 0 spiro atoms. The van der Waals surface area contributed by atoms with Crippen molar-refractivity contribution in [1.82, 2.24) is 15.2 Å². The molecular formula is C6H5N3O. The van der Waals surface area contributed by atoms with Gasteiger partial charge in [-0.25, -0.2) is 0 Å². The van der Waals surface area contributed by atoms with Crippen molar-refractivity contribution >= 4 is 17.3 Å². The van der Waals surface area contributed by atoms with E-state index in [1.54, 1.807) is 6.20 Å². The third-order valence-electron chi connectivity index (χ3n) is 1.42. The maximum atomic E-state index is 10.3. The minimum absolute atomic E-state index is 0.524. The van der Waals surface area contributed by atoms with Crippen LogP contribution in [0.25, 0.3) is 11.0 Å². The van der Waals surface area contributed by atoms with E-state index in [2.05, 4.69) is 15.2 Å². The van der Waals surface area contributed by atoms with Gasteiger partial charge < -0.3 is 4.98 Å². The van der Waals surface area contributed by atoms with Crippen molar-refractivity contribution in [3.63, 3.8) is 0 Å². The molecule has 0 aliphatic heterocycles. The van der Waals surface area contributed by atoms with Crippen molar-refractivity contribution in [2.75, 3.05) is 0 Å². The van der Waals surface area contributed by atoms with Gasteiger partial charge in [0.1, 0.15) is 5.69 Å². The molecule has 50 valence electrons. The summed E-state index contributed by atoms with van der Waals surface area (Å²) in [6, 6.07) is 1.81. The van der Waals surface area contributed by atoms with Gasteiger partial charge in [0.2, 0.25) is 0 Å². The van der Waals surface area contributed by atoms with Crippen LogP contribution in [0.4, 0.5) is 0 Å². The molecule has 0 saturated heterocycles. The van der Waals surface area contributed by atoms with E-state index in [1.807, 2.05) is 6.07 Å². The lowest BCUT2D eigenvalue weighted by Gasteiger charge is -1.74. The van der Waals surface area contributed by atoms with Gasteiger partial charge in [-0.3, -0.25) is 9.89 Å². The molecule has 4 heteroatoms. The summed E-state index contributed by atoms with van der Waals surface area (Å²) >= 11 is 0. The van der Waals surface area contributed by atoms with Gasteiger partial charge in [-0.05, 0) is 6.07 Å². The lowest BCUT2D eigenvalue weighted by molar-refractivity contribution is 0.112. The van der Waals surface area contributed by atoms with Gasteiger partial charge in [-0.2, -0.15) is 5.10 Å². The average molecular weight is 135 g/mol. The third kappa shape index (κ3) is 0.500. The maximum Gasteiger partial charge on any atom is 0.168 e. The number of nitrogens with zero attached hydrogens (tertiary/aromatic N) is 1. The van der Waals surface area contributed by atoms with Gasteiger partial charge in [0, 0.05) is 11.6 Å². The Hall–Kier alpha value is -1.58. The van der Waals surface area contributed by atoms with Crippen LogP contribution in [0.3, 0.4) is 0 Å². The van der Waals surface area contributed by atoms with Crippen LogP contribution in [-0.2, 0) is 0 Å². The highest BCUT2D eigenvalue weighted by atomic mass is 16.1. The average Bonchev–Trinajstić information content (AvgIpc) is 2.44. The summed E-state index contributed by atoms with van der Waals surface area (Å²) in [4.78, 5) is 13.2. The van der Waals surface area contributed by atoms with Crippen molar-refractivity contribution in [1.29, 1.82) is 0 Å². The minimum atomic E-state index is 0.524. The summed E-state index contributed by atoms with van der Waals surface area (Å²) in [5.41, 5.74) is 1.25. The topological polar surface area (TPSA) is 61.5 Å². The summed E-state index contributed by atoms with van der Waals surface area (Å²) in [5.74, 6) is 0. The highest BCUT2D eigenvalue weighted by Crippen LogP contribution is 2.10. The molecule has 10 heavy (non-hydrogen) atoms. The first kappa shape index (κ1) is 5.22. The van der Waals surface area contributed by atoms with E-state index in [0.717, 1.165) is 17.3 Å². The molecule has 2 heterocycles. The van der Waals surface area contributed by atoms with Crippen LogP contribution in [0.1, 0.15) is 10.5 Å². The molecule has 2 N–H and O–H groups in total. The number of aldehydes is 1. The maximum absolute atomic E-state index is 10.3. The summed E-state index contributed by atoms with van der Waals surface area (Å²) in [6.07, 6.45) is 2.50. The zero-order valence-electron chi connectivity index (χ0n) is 5.09. The van der Waals surface area contributed by atoms with Crippen LogP contribution >= 0.6 is 0 Å². The molecule has 2 aromatic heterocycles. The Bertz CT molecular complexity index is 360. The van der Waals surface area contributed by atoms with E-state index in [1.165, 1.54) is 0 Å². The second-order valence-corrected chi connectivity index (χ2v) is 2.00. The zero-order valence-corrected chi connectivity index (χ0v) is 5.09. The van der Waals surface area contributed by atoms with Crippen molar-refractivity contribution in [3.8, 4) is 0 Å². The van der Waals surface area contributed by atoms with E-state index in [-0.39, 0.29) is 0 Å². The molecule has 4 nitrogen and oxygen atoms in total. The number of hydrogen-bond acceptors (Lipinski definition) is 2. The number of hydrogen-bond donors (Lipinski definition) is 2. The minimum Gasteiger partial charge on any atom is -0.345 e. The van der Waals surface area contributed by atoms with Crippen molar-refractivity contribution in [2.24, 2.45) is 0 Å². The van der Waals surface area contributed by atoms with Gasteiger partial charge in [-0.1, -0.05) is 0 Å². The molecule has 0 aliphatic carbocycles. The number of rotatable bonds is 1. The highest BCUT2D eigenvalue weighted by molar-refractivity contribution is 5.93. The summed E-state index contributed by atoms with van der Waals surface area (Å²) < 4.78 is 0. The molecule has 0 aliphatic rings. The number of carbonyl (C=O) groups is 1. The Morgan fingerprint density at radius 3 is 3.30 bits per heavy atom. The van der Waals surface area contributed by atoms with E-state index in [0.29, 0.717) is 5.69 Å². The van der Waals surface area contributed by atoms with Gasteiger partial charge in [0.25, 0.3) is 0 Å². The second-order valence-electron chi connectivity index (χ2n) is 2.00. The number of fused-ring (bicyclic) bond motifs is 1. The molecule has 0 aromatic carbocycles. The van der Waals surface area contributed by atoms with Crippen LogP contribution in [0, 0.1) is 0 Å². The molecule has 2 rings (SSSR count). The largest absolute Gasteiger partial charge is 0.345 e. The van der Waals surface area contributed by atoms with Crippen molar-refractivity contribution in [3.05, 3.63) is 18.0 Å². The van der Waals surface area contributed by atoms with E-state index in [9.17, 15) is 4.79 Å². The lowest BCUT2D eigenvalue weighted by Crippen LogP contribution is -1.77. The smallest absolute Gasteiger partial charge is 0.168 e. The predicted octanol–water partition coefficient (Wildman–Crippen LogP) is 0.704. The standard InChI is InChI=1S/C6H5N3O/c10-3-5-4-1-2-7-6(4)9-8-5/h1-3H,(H2,7,8,9). The van der Waals surface area contributed by atoms with Crippen molar-refractivity contribution in [2.45, 2.75) is 0 Å². The van der Waals surface area contributed by atoms with Crippen LogP contribution in [-0.4, -0.2) is 21.5 Å². The van der Waals surface area contributed by atoms with Gasteiger partial charge in [0.05, 0.1) is 0 Å². The van der Waals surface area contributed by atoms with Crippen LogP contribution in [0.15, 0.2) is 12.3 Å². The fourth-order valence-electron chi connectivity index (χ4n) is 0.937. The zero-order chi connectivity index (χ0) is 6.97. The monoisotopic (exact) mass is 135 g/mol. The Balaban J connectivity index is 2.88. The molecule has 0 unspecified atom stereocenters. The SMILES string of the molecule is O=Cc1[nH]nc2[nH]ccc12. The Labute approximate surface area is 56.2 Å². The molecule has 0 fully saturated rings. The number of H-pyrrole nitrogens is 2. The molecule has 0 radical (unpaired) electrons. The van der Waals surface area contributed by atoms with Gasteiger partial charge in [-0.15, -0.1) is 0 Å². The summed E-state index contributed by atoms with van der Waals surface area (Å²) in [6.45, 7) is 0. The first-order chi connectivity index (χ1) is 4.92. The van der Waals surface area contributed by atoms with Gasteiger partial charge in [0.15, 0.2) is 11.9 Å². The lowest BCUT2D eigenvalue weighted by atomic mass is 10.3. The summed E-state index contributed by atoms with van der Waals surface area (Å²) in [7, 11) is 0. The molecule has 0 bridgehead atoms. The highest BCUT2D eigenvalue weighted by Gasteiger charge is 2.02. The predicted molar refractivity (Wildman–Crippen MR) is 35.8 cm³/mol. The number of aromatic amines is 2. The number of carbonyl (C=O) groups excluding carboxylic acids is 1. The first-order valence-corrected chi connectivity index (χ1v) is 2.88. The molecule has 0 amide bonds. The molecule has 2 aromatic rings. The number of aromatic nitrogens is 3. The normalized spacial score (nSPS) is 10.4. The third-order valence-corrected chi connectivity index (χ3v) is 1.42. The quantitative estimate of drug-likeness (QED) is 0.565.